The molecule has 1 atom stereocenters. The summed E-state index contributed by atoms with van der Waals surface area (Å²) in [5, 5.41) is 0. The quantitative estimate of drug-likeness (QED) is 0.531. The summed E-state index contributed by atoms with van der Waals surface area (Å²) in [6, 6.07) is 9.21. The van der Waals surface area contributed by atoms with Crippen LogP contribution in [0.25, 0.3) is 0 Å². The highest BCUT2D eigenvalue weighted by Gasteiger charge is 2.27. The zero-order valence-corrected chi connectivity index (χ0v) is 11.4. The van der Waals surface area contributed by atoms with Gasteiger partial charge >= 0.3 is 5.97 Å². The summed E-state index contributed by atoms with van der Waals surface area (Å²) in [6.45, 7) is 10.9. The van der Waals surface area contributed by atoms with Crippen molar-refractivity contribution < 1.29 is 9.53 Å². The van der Waals surface area contributed by atoms with Crippen LogP contribution in [0, 0.1) is 0 Å². The van der Waals surface area contributed by atoms with Gasteiger partial charge in [0.05, 0.1) is 6.61 Å². The van der Waals surface area contributed by atoms with Crippen molar-refractivity contribution in [3.05, 3.63) is 61.2 Å². The third-order valence-electron chi connectivity index (χ3n) is 2.72. The number of esters is 1. The molecule has 1 unspecified atom stereocenters. The van der Waals surface area contributed by atoms with E-state index in [1.807, 2.05) is 42.2 Å². The van der Waals surface area contributed by atoms with E-state index in [1.165, 1.54) is 0 Å². The Bertz CT molecular complexity index is 404. The van der Waals surface area contributed by atoms with Gasteiger partial charge in [0.25, 0.3) is 0 Å². The summed E-state index contributed by atoms with van der Waals surface area (Å²) in [4.78, 5) is 14.2. The van der Waals surface area contributed by atoms with Gasteiger partial charge in [0.2, 0.25) is 0 Å². The predicted molar refractivity (Wildman–Crippen MR) is 77.8 cm³/mol. The Morgan fingerprint density at radius 1 is 1.26 bits per heavy atom. The summed E-state index contributed by atoms with van der Waals surface area (Å²) in [5.74, 6) is -0.239. The molecule has 0 N–H and O–H groups in total. The largest absolute Gasteiger partial charge is 0.465 e. The van der Waals surface area contributed by atoms with Crippen molar-refractivity contribution in [1.82, 2.24) is 4.90 Å². The minimum absolute atomic E-state index is 0.239. The molecule has 0 saturated carbocycles. The number of benzene rings is 1. The molecule has 1 rings (SSSR count). The number of rotatable bonds is 8. The highest BCUT2D eigenvalue weighted by molar-refractivity contribution is 5.77. The number of ether oxygens (including phenoxy) is 1. The maximum atomic E-state index is 12.2. The fourth-order valence-electron chi connectivity index (χ4n) is 1.97. The molecule has 0 amide bonds. The van der Waals surface area contributed by atoms with E-state index in [0.29, 0.717) is 19.7 Å². The second kappa shape index (κ2) is 8.27. The fourth-order valence-corrected chi connectivity index (χ4v) is 1.97. The summed E-state index contributed by atoms with van der Waals surface area (Å²) in [7, 11) is 0. The van der Waals surface area contributed by atoms with Crippen molar-refractivity contribution in [3.8, 4) is 0 Å². The van der Waals surface area contributed by atoms with E-state index in [4.69, 9.17) is 4.74 Å². The van der Waals surface area contributed by atoms with Gasteiger partial charge < -0.3 is 4.74 Å². The Morgan fingerprint density at radius 2 is 1.84 bits per heavy atom. The highest BCUT2D eigenvalue weighted by Crippen LogP contribution is 2.22. The van der Waals surface area contributed by atoms with Gasteiger partial charge in [-0.05, 0) is 12.5 Å². The van der Waals surface area contributed by atoms with E-state index < -0.39 is 6.04 Å². The molecule has 0 aliphatic heterocycles. The van der Waals surface area contributed by atoms with E-state index in [1.54, 1.807) is 12.2 Å². The van der Waals surface area contributed by atoms with E-state index in [-0.39, 0.29) is 5.97 Å². The van der Waals surface area contributed by atoms with Crippen LogP contribution in [-0.2, 0) is 9.53 Å². The summed E-state index contributed by atoms with van der Waals surface area (Å²) >= 11 is 0. The van der Waals surface area contributed by atoms with Crippen LogP contribution in [0.15, 0.2) is 55.6 Å². The van der Waals surface area contributed by atoms with Crippen LogP contribution < -0.4 is 0 Å². The first-order valence-electron chi connectivity index (χ1n) is 6.42. The van der Waals surface area contributed by atoms with Crippen LogP contribution in [0.3, 0.4) is 0 Å². The molecular weight excluding hydrogens is 238 g/mol. The van der Waals surface area contributed by atoms with Gasteiger partial charge in [-0.25, -0.2) is 4.79 Å². The van der Waals surface area contributed by atoms with Gasteiger partial charge in [-0.15, -0.1) is 13.2 Å². The molecule has 0 saturated heterocycles. The van der Waals surface area contributed by atoms with Crippen LogP contribution in [0.1, 0.15) is 18.5 Å². The molecule has 3 heteroatoms. The van der Waals surface area contributed by atoms with Crippen LogP contribution in [-0.4, -0.2) is 30.6 Å². The Labute approximate surface area is 115 Å². The molecule has 0 radical (unpaired) electrons. The molecule has 19 heavy (non-hydrogen) atoms. The van der Waals surface area contributed by atoms with Gasteiger partial charge in [-0.3, -0.25) is 4.90 Å². The average Bonchev–Trinajstić information content (AvgIpc) is 2.41. The topological polar surface area (TPSA) is 29.5 Å². The summed E-state index contributed by atoms with van der Waals surface area (Å²) < 4.78 is 5.18. The van der Waals surface area contributed by atoms with Gasteiger partial charge in [-0.1, -0.05) is 42.5 Å². The average molecular weight is 259 g/mol. The van der Waals surface area contributed by atoms with Crippen molar-refractivity contribution in [3.63, 3.8) is 0 Å². The zero-order chi connectivity index (χ0) is 14.1. The van der Waals surface area contributed by atoms with Crippen LogP contribution in [0.5, 0.6) is 0 Å². The Morgan fingerprint density at radius 3 is 2.32 bits per heavy atom. The van der Waals surface area contributed by atoms with Gasteiger partial charge in [-0.2, -0.15) is 0 Å². The lowest BCUT2D eigenvalue weighted by Gasteiger charge is -2.28. The van der Waals surface area contributed by atoms with Crippen molar-refractivity contribution in [2.45, 2.75) is 13.0 Å². The minimum Gasteiger partial charge on any atom is -0.465 e. The van der Waals surface area contributed by atoms with Gasteiger partial charge in [0.1, 0.15) is 6.04 Å². The third-order valence-corrected chi connectivity index (χ3v) is 2.72. The normalized spacial score (nSPS) is 11.9. The van der Waals surface area contributed by atoms with E-state index in [9.17, 15) is 4.79 Å². The Hall–Kier alpha value is -1.87. The second-order valence-corrected chi connectivity index (χ2v) is 4.10. The molecule has 1 aromatic rings. The molecule has 102 valence electrons. The SMILES string of the molecule is C=CCN(CC=C)C(C(=O)OCC)c1ccccc1. The standard InChI is InChI=1S/C16H21NO2/c1-4-12-17(13-5-2)15(16(18)19-6-3)14-10-8-7-9-11-14/h4-5,7-11,15H,1-2,6,12-13H2,3H3. The van der Waals surface area contributed by atoms with E-state index >= 15 is 0 Å². The van der Waals surface area contributed by atoms with Crippen LogP contribution in [0.4, 0.5) is 0 Å². The molecule has 0 bridgehead atoms. The van der Waals surface area contributed by atoms with Crippen molar-refractivity contribution in [2.24, 2.45) is 0 Å². The van der Waals surface area contributed by atoms with Crippen molar-refractivity contribution in [1.29, 1.82) is 0 Å². The lowest BCUT2D eigenvalue weighted by molar-refractivity contribution is -0.149. The molecule has 3 nitrogen and oxygen atoms in total. The lowest BCUT2D eigenvalue weighted by Crippen LogP contribution is -2.35. The maximum absolute atomic E-state index is 12.2. The van der Waals surface area contributed by atoms with Crippen LogP contribution >= 0.6 is 0 Å². The van der Waals surface area contributed by atoms with E-state index in [0.717, 1.165) is 5.56 Å². The minimum atomic E-state index is -0.419. The maximum Gasteiger partial charge on any atom is 0.328 e. The van der Waals surface area contributed by atoms with E-state index in [2.05, 4.69) is 13.2 Å². The molecule has 0 spiro atoms. The second-order valence-electron chi connectivity index (χ2n) is 4.10. The molecule has 0 fully saturated rings. The monoisotopic (exact) mass is 259 g/mol. The lowest BCUT2D eigenvalue weighted by atomic mass is 10.1. The molecule has 0 aromatic heterocycles. The number of hydrogen-bond donors (Lipinski definition) is 0. The summed E-state index contributed by atoms with van der Waals surface area (Å²) in [6.07, 6.45) is 3.55. The first-order valence-corrected chi connectivity index (χ1v) is 6.42. The third kappa shape index (κ3) is 4.38. The zero-order valence-electron chi connectivity index (χ0n) is 11.4. The number of nitrogens with zero attached hydrogens (tertiary/aromatic N) is 1. The Kier molecular flexibility index (Phi) is 6.61. The molecule has 0 heterocycles. The molecular formula is C16H21NO2. The Balaban J connectivity index is 3.05. The van der Waals surface area contributed by atoms with Gasteiger partial charge in [0, 0.05) is 13.1 Å². The smallest absolute Gasteiger partial charge is 0.328 e. The van der Waals surface area contributed by atoms with Crippen LogP contribution in [0.2, 0.25) is 0 Å². The van der Waals surface area contributed by atoms with Crippen molar-refractivity contribution in [2.75, 3.05) is 19.7 Å². The highest BCUT2D eigenvalue weighted by atomic mass is 16.5. The molecule has 1 aromatic carbocycles. The number of carbonyl (C=O) groups is 1. The number of hydrogen-bond acceptors (Lipinski definition) is 3. The predicted octanol–water partition coefficient (Wildman–Crippen LogP) is 2.96. The summed E-state index contributed by atoms with van der Waals surface area (Å²) in [5.41, 5.74) is 0.921. The fraction of sp³-hybridized carbons (Fsp3) is 0.312. The first kappa shape index (κ1) is 15.2. The molecule has 0 aliphatic rings. The van der Waals surface area contributed by atoms with Gasteiger partial charge in [0.15, 0.2) is 0 Å². The first-order chi connectivity index (χ1) is 9.24. The number of carbonyl (C=O) groups excluding carboxylic acids is 1. The van der Waals surface area contributed by atoms with Crippen molar-refractivity contribution >= 4 is 5.97 Å². The molecule has 0 aliphatic carbocycles.